The summed E-state index contributed by atoms with van der Waals surface area (Å²) in [6.07, 6.45) is 4.48. The Morgan fingerprint density at radius 1 is 1.83 bits per heavy atom. The van der Waals surface area contributed by atoms with Gasteiger partial charge in [-0.05, 0) is 6.07 Å². The fraction of sp³-hybridized carbons (Fsp3) is 0.250. The van der Waals surface area contributed by atoms with E-state index in [2.05, 4.69) is 11.3 Å². The Bertz CT molecular complexity index is 109. The SMILES string of the molecule is Cn1cc[c]n1. The lowest BCUT2D eigenvalue weighted by atomic mass is 10.8. The molecule has 0 aliphatic carbocycles. The molecule has 31 valence electrons. The first-order valence-electron chi connectivity index (χ1n) is 1.75. The van der Waals surface area contributed by atoms with Crippen molar-refractivity contribution in [1.29, 1.82) is 0 Å². The zero-order chi connectivity index (χ0) is 4.41. The van der Waals surface area contributed by atoms with Gasteiger partial charge in [0.2, 0.25) is 0 Å². The van der Waals surface area contributed by atoms with Gasteiger partial charge < -0.3 is 0 Å². The van der Waals surface area contributed by atoms with Crippen molar-refractivity contribution in [2.45, 2.75) is 0 Å². The second-order valence-corrected chi connectivity index (χ2v) is 1.12. The third kappa shape index (κ3) is 0.407. The molecule has 0 atom stereocenters. The quantitative estimate of drug-likeness (QED) is 0.437. The molecule has 0 amide bonds. The average Bonchev–Trinajstić information content (AvgIpc) is 1.86. The van der Waals surface area contributed by atoms with Crippen LogP contribution < -0.4 is 0 Å². The molecule has 1 heterocycles. The summed E-state index contributed by atoms with van der Waals surface area (Å²) >= 11 is 0. The van der Waals surface area contributed by atoms with Crippen LogP contribution in [0.5, 0.6) is 0 Å². The zero-order valence-electron chi connectivity index (χ0n) is 3.55. The average molecular weight is 81.1 g/mol. The number of hydrogen-bond donors (Lipinski definition) is 0. The van der Waals surface area contributed by atoms with Gasteiger partial charge in [0, 0.05) is 13.2 Å². The largest absolute Gasteiger partial charge is 0.275 e. The topological polar surface area (TPSA) is 17.8 Å². The van der Waals surface area contributed by atoms with Crippen LogP contribution >= 0.6 is 0 Å². The molecule has 1 rings (SSSR count). The van der Waals surface area contributed by atoms with Crippen LogP contribution in [-0.4, -0.2) is 9.78 Å². The molecule has 6 heavy (non-hydrogen) atoms. The highest BCUT2D eigenvalue weighted by Gasteiger charge is 1.70. The first-order chi connectivity index (χ1) is 2.89. The lowest BCUT2D eigenvalue weighted by Crippen LogP contribution is -1.83. The van der Waals surface area contributed by atoms with Crippen molar-refractivity contribution < 1.29 is 0 Å². The van der Waals surface area contributed by atoms with E-state index in [9.17, 15) is 0 Å². The molecule has 0 saturated carbocycles. The van der Waals surface area contributed by atoms with Gasteiger partial charge in [-0.2, -0.15) is 5.10 Å². The Labute approximate surface area is 36.4 Å². The van der Waals surface area contributed by atoms with E-state index < -0.39 is 0 Å². The highest BCUT2D eigenvalue weighted by molar-refractivity contribution is 4.73. The molecule has 0 spiro atoms. The van der Waals surface area contributed by atoms with E-state index in [0.29, 0.717) is 0 Å². The Hall–Kier alpha value is -0.790. The highest BCUT2D eigenvalue weighted by atomic mass is 15.2. The monoisotopic (exact) mass is 81.0 g/mol. The molecule has 0 N–H and O–H groups in total. The van der Waals surface area contributed by atoms with Crippen LogP contribution in [0.4, 0.5) is 0 Å². The normalized spacial score (nSPS) is 8.83. The van der Waals surface area contributed by atoms with Crippen molar-refractivity contribution >= 4 is 0 Å². The summed E-state index contributed by atoms with van der Waals surface area (Å²) in [5, 5.41) is 3.71. The van der Waals surface area contributed by atoms with Crippen LogP contribution in [0.25, 0.3) is 0 Å². The molecule has 0 saturated heterocycles. The summed E-state index contributed by atoms with van der Waals surface area (Å²) in [4.78, 5) is 0. The summed E-state index contributed by atoms with van der Waals surface area (Å²) in [7, 11) is 1.86. The summed E-state index contributed by atoms with van der Waals surface area (Å²) in [6, 6.07) is 1.76. The maximum Gasteiger partial charge on any atom is 0.113 e. The number of aromatic nitrogens is 2. The Balaban J connectivity index is 3.05. The van der Waals surface area contributed by atoms with Gasteiger partial charge in [-0.15, -0.1) is 0 Å². The van der Waals surface area contributed by atoms with E-state index in [1.54, 1.807) is 10.7 Å². The number of aryl methyl sites for hydroxylation is 1. The number of nitrogens with zero attached hydrogens (tertiary/aromatic N) is 2. The predicted molar refractivity (Wildman–Crippen MR) is 22.0 cm³/mol. The molecule has 0 aromatic carbocycles. The van der Waals surface area contributed by atoms with Crippen molar-refractivity contribution in [2.75, 3.05) is 0 Å². The van der Waals surface area contributed by atoms with E-state index >= 15 is 0 Å². The van der Waals surface area contributed by atoms with Gasteiger partial charge in [-0.3, -0.25) is 4.68 Å². The molecule has 1 aromatic heterocycles. The van der Waals surface area contributed by atoms with Crippen LogP contribution in [0.15, 0.2) is 12.3 Å². The fourth-order valence-corrected chi connectivity index (χ4v) is 0.299. The molecule has 1 aromatic rings. The second kappa shape index (κ2) is 1.12. The minimum Gasteiger partial charge on any atom is -0.275 e. The fourth-order valence-electron chi connectivity index (χ4n) is 0.299. The third-order valence-electron chi connectivity index (χ3n) is 0.580. The molecule has 1 radical (unpaired) electrons. The maximum absolute atomic E-state index is 3.71. The summed E-state index contributed by atoms with van der Waals surface area (Å²) in [6.45, 7) is 0. The zero-order valence-corrected chi connectivity index (χ0v) is 3.55. The summed E-state index contributed by atoms with van der Waals surface area (Å²) in [5.74, 6) is 0. The first kappa shape index (κ1) is 3.40. The Morgan fingerprint density at radius 3 is 2.83 bits per heavy atom. The molecule has 0 unspecified atom stereocenters. The van der Waals surface area contributed by atoms with Gasteiger partial charge in [0.25, 0.3) is 0 Å². The van der Waals surface area contributed by atoms with Crippen molar-refractivity contribution in [3.63, 3.8) is 0 Å². The van der Waals surface area contributed by atoms with Gasteiger partial charge in [0.05, 0.1) is 0 Å². The van der Waals surface area contributed by atoms with Crippen LogP contribution in [0, 0.1) is 6.20 Å². The second-order valence-electron chi connectivity index (χ2n) is 1.12. The van der Waals surface area contributed by atoms with Crippen molar-refractivity contribution in [1.82, 2.24) is 9.78 Å². The lowest BCUT2D eigenvalue weighted by Gasteiger charge is -1.76. The van der Waals surface area contributed by atoms with Gasteiger partial charge in [-0.25, -0.2) is 0 Å². The third-order valence-corrected chi connectivity index (χ3v) is 0.580. The van der Waals surface area contributed by atoms with E-state index in [4.69, 9.17) is 0 Å². The van der Waals surface area contributed by atoms with Gasteiger partial charge in [-0.1, -0.05) is 0 Å². The molecular formula is C4H5N2. The van der Waals surface area contributed by atoms with Gasteiger partial charge in [0.15, 0.2) is 0 Å². The molecule has 0 bridgehead atoms. The standard InChI is InChI=1S/C4H5N2/c1-6-4-2-3-5-6/h2,4H,1H3. The molecular weight excluding hydrogens is 76.1 g/mol. The van der Waals surface area contributed by atoms with Crippen LogP contribution in [0.3, 0.4) is 0 Å². The van der Waals surface area contributed by atoms with Crippen molar-refractivity contribution in [3.8, 4) is 0 Å². The van der Waals surface area contributed by atoms with Crippen LogP contribution in [0.1, 0.15) is 0 Å². The molecule has 0 aliphatic heterocycles. The van der Waals surface area contributed by atoms with Crippen LogP contribution in [-0.2, 0) is 7.05 Å². The minimum absolute atomic E-state index is 1.69. The highest BCUT2D eigenvalue weighted by Crippen LogP contribution is 1.71. The molecule has 2 nitrogen and oxygen atoms in total. The Kier molecular flexibility index (Phi) is 0.638. The molecule has 0 fully saturated rings. The van der Waals surface area contributed by atoms with E-state index in [1.807, 2.05) is 13.2 Å². The number of rotatable bonds is 0. The number of hydrogen-bond acceptors (Lipinski definition) is 1. The minimum atomic E-state index is 1.69. The van der Waals surface area contributed by atoms with Crippen molar-refractivity contribution in [2.24, 2.45) is 7.05 Å². The molecule has 0 aliphatic rings. The maximum atomic E-state index is 3.71. The first-order valence-corrected chi connectivity index (χ1v) is 1.75. The van der Waals surface area contributed by atoms with Gasteiger partial charge >= 0.3 is 0 Å². The predicted octanol–water partition coefficient (Wildman–Crippen LogP) is 0.220. The van der Waals surface area contributed by atoms with Gasteiger partial charge in [0.1, 0.15) is 6.20 Å². The van der Waals surface area contributed by atoms with Crippen molar-refractivity contribution in [3.05, 3.63) is 18.5 Å². The smallest absolute Gasteiger partial charge is 0.113 e. The van der Waals surface area contributed by atoms with E-state index in [1.165, 1.54) is 0 Å². The Morgan fingerprint density at radius 2 is 2.67 bits per heavy atom. The van der Waals surface area contributed by atoms with E-state index in [-0.39, 0.29) is 0 Å². The van der Waals surface area contributed by atoms with Crippen LogP contribution in [0.2, 0.25) is 0 Å². The summed E-state index contributed by atoms with van der Waals surface area (Å²) < 4.78 is 1.69. The van der Waals surface area contributed by atoms with E-state index in [0.717, 1.165) is 0 Å². The lowest BCUT2D eigenvalue weighted by molar-refractivity contribution is 0.765. The summed E-state index contributed by atoms with van der Waals surface area (Å²) in [5.41, 5.74) is 0. The molecule has 2 heteroatoms.